The monoisotopic (exact) mass is 338 g/mol. The number of carboxylic acids is 1. The summed E-state index contributed by atoms with van der Waals surface area (Å²) in [5, 5.41) is 19.7. The first-order chi connectivity index (χ1) is 9.47. The summed E-state index contributed by atoms with van der Waals surface area (Å²) in [5.41, 5.74) is -0.267. The van der Waals surface area contributed by atoms with Gasteiger partial charge in [-0.3, -0.25) is 10.1 Å². The van der Waals surface area contributed by atoms with Crippen LogP contribution in [0.1, 0.15) is 10.4 Å². The van der Waals surface area contributed by atoms with Crippen LogP contribution in [0, 0.1) is 10.1 Å². The molecular formula is C12H7BrN2O5. The van der Waals surface area contributed by atoms with Crippen LogP contribution in [0.3, 0.4) is 0 Å². The Bertz CT molecular complexity index is 689. The fourth-order valence-electron chi connectivity index (χ4n) is 1.44. The summed E-state index contributed by atoms with van der Waals surface area (Å²) < 4.78 is 5.88. The van der Waals surface area contributed by atoms with Gasteiger partial charge in [-0.05, 0) is 18.2 Å². The number of aromatic nitrogens is 1. The Hall–Kier alpha value is -2.48. The SMILES string of the molecule is O=C(O)c1cc(Br)ccc1Oc1cc([N+](=O)[O-])ccn1. The maximum atomic E-state index is 11.1. The Balaban J connectivity index is 2.37. The molecule has 0 aliphatic heterocycles. The van der Waals surface area contributed by atoms with Crippen molar-refractivity contribution in [3.63, 3.8) is 0 Å². The van der Waals surface area contributed by atoms with Crippen molar-refractivity contribution in [3.8, 4) is 11.6 Å². The summed E-state index contributed by atoms with van der Waals surface area (Å²) in [4.78, 5) is 25.0. The first-order valence-electron chi connectivity index (χ1n) is 5.28. The molecule has 102 valence electrons. The van der Waals surface area contributed by atoms with Gasteiger partial charge in [-0.2, -0.15) is 0 Å². The van der Waals surface area contributed by atoms with Gasteiger partial charge in [0, 0.05) is 16.7 Å². The Morgan fingerprint density at radius 3 is 2.75 bits per heavy atom. The van der Waals surface area contributed by atoms with Gasteiger partial charge < -0.3 is 9.84 Å². The minimum Gasteiger partial charge on any atom is -0.478 e. The van der Waals surface area contributed by atoms with E-state index in [0.717, 1.165) is 6.07 Å². The van der Waals surface area contributed by atoms with Gasteiger partial charge in [-0.1, -0.05) is 15.9 Å². The highest BCUT2D eigenvalue weighted by molar-refractivity contribution is 9.10. The number of aromatic carboxylic acids is 1. The van der Waals surface area contributed by atoms with Gasteiger partial charge in [0.25, 0.3) is 5.69 Å². The van der Waals surface area contributed by atoms with E-state index in [9.17, 15) is 14.9 Å². The molecule has 0 fully saturated rings. The van der Waals surface area contributed by atoms with E-state index in [1.165, 1.54) is 24.4 Å². The van der Waals surface area contributed by atoms with Gasteiger partial charge in [-0.15, -0.1) is 0 Å². The zero-order valence-corrected chi connectivity index (χ0v) is 11.4. The van der Waals surface area contributed by atoms with Crippen LogP contribution in [0.5, 0.6) is 11.6 Å². The van der Waals surface area contributed by atoms with Gasteiger partial charge in [0.2, 0.25) is 5.88 Å². The summed E-state index contributed by atoms with van der Waals surface area (Å²) in [6, 6.07) is 6.74. The highest BCUT2D eigenvalue weighted by Gasteiger charge is 2.14. The third-order valence-electron chi connectivity index (χ3n) is 2.32. The van der Waals surface area contributed by atoms with E-state index < -0.39 is 10.9 Å². The van der Waals surface area contributed by atoms with Crippen molar-refractivity contribution in [1.82, 2.24) is 4.98 Å². The fourth-order valence-corrected chi connectivity index (χ4v) is 1.80. The molecule has 2 aromatic rings. The average molecular weight is 339 g/mol. The quantitative estimate of drug-likeness (QED) is 0.678. The minimum absolute atomic E-state index is 0.0497. The number of nitro groups is 1. The predicted molar refractivity (Wildman–Crippen MR) is 72.1 cm³/mol. The van der Waals surface area contributed by atoms with Crippen LogP contribution in [0.4, 0.5) is 5.69 Å². The lowest BCUT2D eigenvalue weighted by Crippen LogP contribution is -2.01. The highest BCUT2D eigenvalue weighted by atomic mass is 79.9. The van der Waals surface area contributed by atoms with Gasteiger partial charge in [0.05, 0.1) is 11.0 Å². The van der Waals surface area contributed by atoms with Crippen molar-refractivity contribution in [2.75, 3.05) is 0 Å². The normalized spacial score (nSPS) is 10.1. The van der Waals surface area contributed by atoms with Gasteiger partial charge in [0.15, 0.2) is 0 Å². The average Bonchev–Trinajstić information content (AvgIpc) is 2.41. The summed E-state index contributed by atoms with van der Waals surface area (Å²) in [6.07, 6.45) is 1.22. The predicted octanol–water partition coefficient (Wildman–Crippen LogP) is 3.24. The van der Waals surface area contributed by atoms with E-state index >= 15 is 0 Å². The molecular weight excluding hydrogens is 332 g/mol. The molecule has 7 nitrogen and oxygen atoms in total. The van der Waals surface area contributed by atoms with Gasteiger partial charge in [0.1, 0.15) is 11.3 Å². The number of ether oxygens (including phenoxy) is 1. The van der Waals surface area contributed by atoms with E-state index in [1.807, 2.05) is 0 Å². The third-order valence-corrected chi connectivity index (χ3v) is 2.81. The number of carboxylic acid groups (broad SMARTS) is 1. The molecule has 0 saturated heterocycles. The lowest BCUT2D eigenvalue weighted by atomic mass is 10.2. The molecule has 1 aromatic carbocycles. The smallest absolute Gasteiger partial charge is 0.339 e. The number of halogens is 1. The van der Waals surface area contributed by atoms with Crippen LogP contribution in [-0.2, 0) is 0 Å². The number of pyridine rings is 1. The Labute approximate surface area is 121 Å². The second-order valence-electron chi connectivity index (χ2n) is 3.66. The first kappa shape index (κ1) is 13.9. The first-order valence-corrected chi connectivity index (χ1v) is 6.08. The molecule has 0 aliphatic carbocycles. The number of rotatable bonds is 4. The lowest BCUT2D eigenvalue weighted by Gasteiger charge is -2.07. The Kier molecular flexibility index (Phi) is 3.94. The highest BCUT2D eigenvalue weighted by Crippen LogP contribution is 2.28. The van der Waals surface area contributed by atoms with Crippen LogP contribution in [0.15, 0.2) is 41.0 Å². The largest absolute Gasteiger partial charge is 0.478 e. The number of benzene rings is 1. The second kappa shape index (κ2) is 5.66. The number of carbonyl (C=O) groups is 1. The van der Waals surface area contributed by atoms with Crippen molar-refractivity contribution in [2.45, 2.75) is 0 Å². The Morgan fingerprint density at radius 2 is 2.10 bits per heavy atom. The second-order valence-corrected chi connectivity index (χ2v) is 4.57. The van der Waals surface area contributed by atoms with Gasteiger partial charge in [-0.25, -0.2) is 9.78 Å². The zero-order chi connectivity index (χ0) is 14.7. The van der Waals surface area contributed by atoms with Crippen LogP contribution in [0.2, 0.25) is 0 Å². The van der Waals surface area contributed by atoms with Crippen LogP contribution >= 0.6 is 15.9 Å². The van der Waals surface area contributed by atoms with Crippen molar-refractivity contribution in [3.05, 3.63) is 56.7 Å². The lowest BCUT2D eigenvalue weighted by molar-refractivity contribution is -0.385. The summed E-state index contributed by atoms with van der Waals surface area (Å²) in [5.74, 6) is -1.18. The summed E-state index contributed by atoms with van der Waals surface area (Å²) in [7, 11) is 0. The molecule has 0 unspecified atom stereocenters. The summed E-state index contributed by atoms with van der Waals surface area (Å²) in [6.45, 7) is 0. The third kappa shape index (κ3) is 3.09. The van der Waals surface area contributed by atoms with Crippen molar-refractivity contribution in [1.29, 1.82) is 0 Å². The Morgan fingerprint density at radius 1 is 1.35 bits per heavy atom. The van der Waals surface area contributed by atoms with Crippen molar-refractivity contribution < 1.29 is 19.6 Å². The molecule has 1 aromatic heterocycles. The molecule has 8 heteroatoms. The van der Waals surface area contributed by atoms with Crippen LogP contribution in [0.25, 0.3) is 0 Å². The molecule has 0 radical (unpaired) electrons. The van der Waals surface area contributed by atoms with E-state index in [1.54, 1.807) is 6.07 Å². The molecule has 2 rings (SSSR count). The molecule has 20 heavy (non-hydrogen) atoms. The molecule has 0 amide bonds. The van der Waals surface area contributed by atoms with Crippen molar-refractivity contribution >= 4 is 27.6 Å². The molecule has 0 aliphatic rings. The molecule has 1 N–H and O–H groups in total. The van der Waals surface area contributed by atoms with Crippen LogP contribution in [-0.4, -0.2) is 21.0 Å². The number of hydrogen-bond acceptors (Lipinski definition) is 5. The van der Waals surface area contributed by atoms with Crippen molar-refractivity contribution in [2.24, 2.45) is 0 Å². The molecule has 0 bridgehead atoms. The summed E-state index contributed by atoms with van der Waals surface area (Å²) >= 11 is 3.16. The maximum Gasteiger partial charge on any atom is 0.339 e. The molecule has 0 atom stereocenters. The fraction of sp³-hybridized carbons (Fsp3) is 0. The number of hydrogen-bond donors (Lipinski definition) is 1. The number of nitrogens with zero attached hydrogens (tertiary/aromatic N) is 2. The van der Waals surface area contributed by atoms with E-state index in [0.29, 0.717) is 4.47 Å². The zero-order valence-electron chi connectivity index (χ0n) is 9.82. The van der Waals surface area contributed by atoms with E-state index in [2.05, 4.69) is 20.9 Å². The maximum absolute atomic E-state index is 11.1. The van der Waals surface area contributed by atoms with Crippen LogP contribution < -0.4 is 4.74 Å². The molecule has 1 heterocycles. The molecule has 0 saturated carbocycles. The van der Waals surface area contributed by atoms with E-state index in [4.69, 9.17) is 9.84 Å². The molecule has 0 spiro atoms. The van der Waals surface area contributed by atoms with E-state index in [-0.39, 0.29) is 22.9 Å². The van der Waals surface area contributed by atoms with Gasteiger partial charge >= 0.3 is 5.97 Å². The standard InChI is InChI=1S/C12H7BrN2O5/c13-7-1-2-10(9(5-7)12(16)17)20-11-6-8(15(18)19)3-4-14-11/h1-6H,(H,16,17). The topological polar surface area (TPSA) is 103 Å². The minimum atomic E-state index is -1.17.